The molecule has 1 unspecified atom stereocenters. The number of hydrogen-bond acceptors (Lipinski definition) is 3. The molecule has 0 aliphatic carbocycles. The fourth-order valence-corrected chi connectivity index (χ4v) is 4.19. The van der Waals surface area contributed by atoms with Gasteiger partial charge in [-0.3, -0.25) is 4.79 Å². The molecule has 188 valence electrons. The number of halogens is 2. The summed E-state index contributed by atoms with van der Waals surface area (Å²) in [5, 5.41) is 19.0. The molecule has 8 heteroatoms. The van der Waals surface area contributed by atoms with E-state index in [4.69, 9.17) is 5.11 Å². The molecule has 1 aliphatic heterocycles. The molecule has 0 radical (unpaired) electrons. The molecule has 2 aromatic carbocycles. The highest BCUT2D eigenvalue weighted by atomic mass is 19.3. The molecule has 2 N–H and O–H groups in total. The second-order valence-electron chi connectivity index (χ2n) is 8.79. The Kier molecular flexibility index (Phi) is 9.37. The third kappa shape index (κ3) is 7.36. The molecule has 1 saturated heterocycles. The van der Waals surface area contributed by atoms with E-state index in [1.54, 1.807) is 15.9 Å². The fraction of sp³-hybridized carbons (Fsp3) is 0.407. The van der Waals surface area contributed by atoms with E-state index in [0.29, 0.717) is 32.5 Å². The number of nitrogens with zero attached hydrogens (tertiary/aromatic N) is 2. The van der Waals surface area contributed by atoms with Crippen LogP contribution in [0.3, 0.4) is 0 Å². The van der Waals surface area contributed by atoms with Crippen LogP contribution in [-0.4, -0.2) is 57.2 Å². The predicted molar refractivity (Wildman–Crippen MR) is 129 cm³/mol. The molecule has 3 rings (SSSR count). The first-order valence-electron chi connectivity index (χ1n) is 11.9. The van der Waals surface area contributed by atoms with Crippen molar-refractivity contribution >= 4 is 12.0 Å². The third-order valence-electron chi connectivity index (χ3n) is 6.13. The lowest BCUT2D eigenvalue weighted by atomic mass is 10.0. The van der Waals surface area contributed by atoms with Gasteiger partial charge in [0.1, 0.15) is 6.10 Å². The van der Waals surface area contributed by atoms with Crippen molar-refractivity contribution in [3.8, 4) is 0 Å². The second kappa shape index (κ2) is 12.4. The van der Waals surface area contributed by atoms with Crippen molar-refractivity contribution in [3.63, 3.8) is 0 Å². The number of carbonyl (C=O) groups excluding carboxylic acids is 1. The lowest BCUT2D eigenvalue weighted by Crippen LogP contribution is -2.35. The van der Waals surface area contributed by atoms with Crippen LogP contribution in [0.4, 0.5) is 13.6 Å². The first kappa shape index (κ1) is 26.3. The van der Waals surface area contributed by atoms with Gasteiger partial charge in [0.05, 0.1) is 6.04 Å². The molecule has 1 heterocycles. The van der Waals surface area contributed by atoms with E-state index in [0.717, 1.165) is 24.5 Å². The molecule has 2 atom stereocenters. The number of rotatable bonds is 13. The zero-order valence-corrected chi connectivity index (χ0v) is 19.6. The number of unbranched alkanes of at least 4 members (excludes halogenated alkanes) is 3. The van der Waals surface area contributed by atoms with E-state index in [1.165, 1.54) is 30.3 Å². The zero-order chi connectivity index (χ0) is 25.3. The van der Waals surface area contributed by atoms with Gasteiger partial charge in [-0.25, -0.2) is 4.79 Å². The lowest BCUT2D eigenvalue weighted by molar-refractivity contribution is -0.137. The molecular formula is C27H32F2N2O4. The lowest BCUT2D eigenvalue weighted by Gasteiger charge is -2.23. The largest absolute Gasteiger partial charge is 0.481 e. The van der Waals surface area contributed by atoms with E-state index >= 15 is 0 Å². The molecule has 0 aromatic heterocycles. The van der Waals surface area contributed by atoms with Crippen molar-refractivity contribution in [3.05, 3.63) is 83.9 Å². The fourth-order valence-electron chi connectivity index (χ4n) is 4.19. The van der Waals surface area contributed by atoms with Gasteiger partial charge in [0.25, 0.3) is 0 Å². The standard InChI is InChI=1S/C27H32F2N2O4/c28-27(29,22-13-7-4-8-14-22)24(32)17-16-23-20-30(19-21-11-5-3-6-12-21)26(35)31(23)18-10-2-1-9-15-25(33)34/h3-8,11-14,16-17,23-24,32H,1-2,9-10,15,18-20H2,(H,33,34)/b17-16+/t23-,24?/m0/s1. The Bertz CT molecular complexity index is 985. The minimum absolute atomic E-state index is 0.117. The van der Waals surface area contributed by atoms with Crippen LogP contribution in [0, 0.1) is 0 Å². The van der Waals surface area contributed by atoms with E-state index in [2.05, 4.69) is 0 Å². The van der Waals surface area contributed by atoms with Crippen molar-refractivity contribution in [2.75, 3.05) is 13.1 Å². The van der Waals surface area contributed by atoms with Crippen LogP contribution < -0.4 is 0 Å². The van der Waals surface area contributed by atoms with Crippen LogP contribution in [0.2, 0.25) is 0 Å². The summed E-state index contributed by atoms with van der Waals surface area (Å²) in [6.07, 6.45) is 3.43. The number of aliphatic carboxylic acids is 1. The topological polar surface area (TPSA) is 81.1 Å². The highest BCUT2D eigenvalue weighted by Gasteiger charge is 2.40. The summed E-state index contributed by atoms with van der Waals surface area (Å²) in [4.78, 5) is 27.1. The number of amides is 2. The highest BCUT2D eigenvalue weighted by Crippen LogP contribution is 2.32. The summed E-state index contributed by atoms with van der Waals surface area (Å²) in [6, 6.07) is 16.1. The molecule has 6 nitrogen and oxygen atoms in total. The maximum absolute atomic E-state index is 14.7. The van der Waals surface area contributed by atoms with Gasteiger partial charge in [-0.2, -0.15) is 8.78 Å². The summed E-state index contributed by atoms with van der Waals surface area (Å²) < 4.78 is 29.4. The first-order chi connectivity index (χ1) is 16.8. The molecule has 2 amide bonds. The van der Waals surface area contributed by atoms with Crippen LogP contribution in [0.5, 0.6) is 0 Å². The van der Waals surface area contributed by atoms with E-state index < -0.39 is 24.0 Å². The van der Waals surface area contributed by atoms with Gasteiger partial charge in [0.2, 0.25) is 0 Å². The quantitative estimate of drug-likeness (QED) is 0.307. The number of carbonyl (C=O) groups is 2. The number of urea groups is 1. The SMILES string of the molecule is O=C(O)CCCCCCN1C(=O)N(Cc2ccccc2)C[C@@H]1/C=C/C(O)C(F)(F)c1ccccc1. The van der Waals surface area contributed by atoms with Gasteiger partial charge in [-0.1, -0.05) is 85.7 Å². The van der Waals surface area contributed by atoms with Crippen molar-refractivity contribution in [1.29, 1.82) is 0 Å². The molecule has 1 aliphatic rings. The average Bonchev–Trinajstić information content (AvgIpc) is 3.14. The van der Waals surface area contributed by atoms with Crippen LogP contribution >= 0.6 is 0 Å². The summed E-state index contributed by atoms with van der Waals surface area (Å²) in [5.74, 6) is -4.29. The summed E-state index contributed by atoms with van der Waals surface area (Å²) in [6.45, 7) is 1.16. The normalized spacial score (nSPS) is 17.3. The van der Waals surface area contributed by atoms with E-state index in [-0.39, 0.29) is 18.0 Å². The van der Waals surface area contributed by atoms with Crippen molar-refractivity contribution in [2.24, 2.45) is 0 Å². The van der Waals surface area contributed by atoms with Crippen LogP contribution in [0.1, 0.15) is 43.2 Å². The van der Waals surface area contributed by atoms with Crippen molar-refractivity contribution in [2.45, 2.75) is 56.7 Å². The summed E-state index contributed by atoms with van der Waals surface area (Å²) in [7, 11) is 0. The molecule has 0 bridgehead atoms. The molecule has 2 aromatic rings. The van der Waals surface area contributed by atoms with Crippen LogP contribution in [0.15, 0.2) is 72.8 Å². The molecule has 35 heavy (non-hydrogen) atoms. The number of aliphatic hydroxyl groups is 1. The van der Waals surface area contributed by atoms with E-state index in [1.807, 2.05) is 30.3 Å². The minimum atomic E-state index is -3.46. The van der Waals surface area contributed by atoms with Gasteiger partial charge in [-0.15, -0.1) is 0 Å². The molecule has 0 spiro atoms. The minimum Gasteiger partial charge on any atom is -0.481 e. The summed E-state index contributed by atoms with van der Waals surface area (Å²) in [5.41, 5.74) is 0.693. The van der Waals surface area contributed by atoms with Crippen LogP contribution in [0.25, 0.3) is 0 Å². The van der Waals surface area contributed by atoms with Gasteiger partial charge < -0.3 is 20.0 Å². The van der Waals surface area contributed by atoms with Gasteiger partial charge in [0, 0.05) is 31.6 Å². The zero-order valence-electron chi connectivity index (χ0n) is 19.6. The Labute approximate surface area is 204 Å². The number of carboxylic acids is 1. The van der Waals surface area contributed by atoms with Crippen LogP contribution in [-0.2, 0) is 17.3 Å². The maximum Gasteiger partial charge on any atom is 0.320 e. The Morgan fingerprint density at radius 3 is 2.31 bits per heavy atom. The number of alkyl halides is 2. The molecule has 1 fully saturated rings. The molecule has 0 saturated carbocycles. The van der Waals surface area contributed by atoms with Gasteiger partial charge >= 0.3 is 17.9 Å². The predicted octanol–water partition coefficient (Wildman–Crippen LogP) is 5.04. The smallest absolute Gasteiger partial charge is 0.320 e. The van der Waals surface area contributed by atoms with Gasteiger partial charge in [-0.05, 0) is 18.4 Å². The number of hydrogen-bond donors (Lipinski definition) is 2. The van der Waals surface area contributed by atoms with Gasteiger partial charge in [0.15, 0.2) is 0 Å². The van der Waals surface area contributed by atoms with E-state index in [9.17, 15) is 23.5 Å². The number of carboxylic acid groups (broad SMARTS) is 1. The Balaban J connectivity index is 1.67. The number of benzene rings is 2. The summed E-state index contributed by atoms with van der Waals surface area (Å²) >= 11 is 0. The Morgan fingerprint density at radius 1 is 1.03 bits per heavy atom. The number of aliphatic hydroxyl groups excluding tert-OH is 1. The van der Waals surface area contributed by atoms with Crippen molar-refractivity contribution < 1.29 is 28.6 Å². The van der Waals surface area contributed by atoms with Crippen molar-refractivity contribution in [1.82, 2.24) is 9.80 Å². The average molecular weight is 487 g/mol. The monoisotopic (exact) mass is 486 g/mol. The third-order valence-corrected chi connectivity index (χ3v) is 6.13. The Hall–Kier alpha value is -3.26. The maximum atomic E-state index is 14.7. The first-order valence-corrected chi connectivity index (χ1v) is 11.9. The Morgan fingerprint density at radius 2 is 1.66 bits per heavy atom. The second-order valence-corrected chi connectivity index (χ2v) is 8.79. The molecular weight excluding hydrogens is 454 g/mol. The highest BCUT2D eigenvalue weighted by molar-refractivity contribution is 5.77.